The predicted octanol–water partition coefficient (Wildman–Crippen LogP) is 0.0895. The monoisotopic (exact) mass is 147 g/mol. The van der Waals surface area contributed by atoms with Gasteiger partial charge in [0, 0.05) is 12.4 Å². The Morgan fingerprint density at radius 3 is 3.18 bits per heavy atom. The molecule has 54 valence electrons. The zero-order valence-electron chi connectivity index (χ0n) is 5.64. The van der Waals surface area contributed by atoms with Crippen LogP contribution in [0.25, 0.3) is 5.52 Å². The van der Waals surface area contributed by atoms with E-state index in [9.17, 15) is 4.79 Å². The van der Waals surface area contributed by atoms with Crippen LogP contribution in [0.3, 0.4) is 0 Å². The van der Waals surface area contributed by atoms with Crippen LogP contribution in [0, 0.1) is 0 Å². The van der Waals surface area contributed by atoms with Crippen molar-refractivity contribution in [2.24, 2.45) is 0 Å². The van der Waals surface area contributed by atoms with Gasteiger partial charge >= 0.3 is 0 Å². The van der Waals surface area contributed by atoms with Gasteiger partial charge in [-0.3, -0.25) is 4.79 Å². The highest BCUT2D eigenvalue weighted by Gasteiger charge is 1.93. The molecule has 0 amide bonds. The van der Waals surface area contributed by atoms with Crippen LogP contribution < -0.4 is 5.56 Å². The van der Waals surface area contributed by atoms with Crippen molar-refractivity contribution in [3.05, 3.63) is 41.1 Å². The van der Waals surface area contributed by atoms with Crippen molar-refractivity contribution < 1.29 is 0 Å². The van der Waals surface area contributed by atoms with Crippen LogP contribution >= 0.6 is 0 Å². The predicted molar refractivity (Wildman–Crippen MR) is 39.3 cm³/mol. The van der Waals surface area contributed by atoms with Crippen LogP contribution in [0.4, 0.5) is 0 Å². The van der Waals surface area contributed by atoms with Crippen LogP contribution in [0.2, 0.25) is 0 Å². The molecule has 0 aliphatic carbocycles. The summed E-state index contributed by atoms with van der Waals surface area (Å²) in [5.41, 5.74) is 0.238. The summed E-state index contributed by atoms with van der Waals surface area (Å²) in [5.74, 6) is 0. The van der Waals surface area contributed by atoms with Crippen molar-refractivity contribution in [2.75, 3.05) is 0 Å². The van der Waals surface area contributed by atoms with Crippen LogP contribution in [0.1, 0.15) is 0 Å². The lowest BCUT2D eigenvalue weighted by Gasteiger charge is -1.78. The summed E-state index contributed by atoms with van der Waals surface area (Å²) in [5, 5.41) is 3.90. The summed E-state index contributed by atoms with van der Waals surface area (Å²) in [4.78, 5) is 14.7. The molecule has 0 aliphatic rings. The van der Waals surface area contributed by atoms with Crippen molar-refractivity contribution in [1.29, 1.82) is 0 Å². The Balaban J connectivity index is 3.09. The summed E-state index contributed by atoms with van der Waals surface area (Å²) in [6, 6.07) is 3.30. The summed E-state index contributed by atoms with van der Waals surface area (Å²) in [6.45, 7) is 0. The van der Waals surface area contributed by atoms with Gasteiger partial charge in [-0.2, -0.15) is 5.10 Å². The minimum absolute atomic E-state index is 0.257. The molecule has 2 rings (SSSR count). The smallest absolute Gasteiger partial charge is 0.265 e. The van der Waals surface area contributed by atoms with Gasteiger partial charge in [0.15, 0.2) is 0 Å². The number of hydrogen-bond donors (Lipinski definition) is 0. The van der Waals surface area contributed by atoms with Crippen LogP contribution in [-0.4, -0.2) is 14.6 Å². The fourth-order valence-corrected chi connectivity index (χ4v) is 0.899. The largest absolute Gasteiger partial charge is 0.295 e. The van der Waals surface area contributed by atoms with Crippen molar-refractivity contribution in [3.63, 3.8) is 0 Å². The molecule has 0 aromatic carbocycles. The maximum Gasteiger partial charge on any atom is 0.295 e. The molecule has 4 heteroatoms. The molecule has 0 bridgehead atoms. The minimum atomic E-state index is -0.257. The molecule has 0 spiro atoms. The second-order valence-corrected chi connectivity index (χ2v) is 2.09. The van der Waals surface area contributed by atoms with Gasteiger partial charge in [-0.1, -0.05) is 0 Å². The molecule has 0 fully saturated rings. The minimum Gasteiger partial charge on any atom is -0.265 e. The van der Waals surface area contributed by atoms with Crippen LogP contribution in [0.5, 0.6) is 0 Å². The van der Waals surface area contributed by atoms with E-state index in [2.05, 4.69) is 10.1 Å². The molecule has 0 N–H and O–H groups in total. The van der Waals surface area contributed by atoms with Gasteiger partial charge in [-0.25, -0.2) is 9.50 Å². The van der Waals surface area contributed by atoms with E-state index >= 15 is 0 Å². The highest BCUT2D eigenvalue weighted by molar-refractivity contribution is 5.41. The first kappa shape index (κ1) is 6.03. The van der Waals surface area contributed by atoms with E-state index in [1.54, 1.807) is 24.5 Å². The Labute approximate surface area is 62.1 Å². The van der Waals surface area contributed by atoms with Gasteiger partial charge in [0.2, 0.25) is 0 Å². The molecule has 4 nitrogen and oxygen atoms in total. The van der Waals surface area contributed by atoms with Crippen LogP contribution in [0.15, 0.2) is 35.5 Å². The molecular formula is C7H5N3O. The summed E-state index contributed by atoms with van der Waals surface area (Å²) < 4.78 is 1.50. The number of fused-ring (bicyclic) bond motifs is 1. The standard InChI is InChI=1S/C7H5N3O/c11-7-6-2-4-9-10(6)5-1-3-8-7/h1-5H. The Morgan fingerprint density at radius 2 is 2.27 bits per heavy atom. The lowest BCUT2D eigenvalue weighted by Crippen LogP contribution is -2.02. The number of rotatable bonds is 0. The normalized spacial score (nSPS) is 10.2. The van der Waals surface area contributed by atoms with Crippen molar-refractivity contribution in [2.45, 2.75) is 0 Å². The molecule has 2 aromatic heterocycles. The fourth-order valence-electron chi connectivity index (χ4n) is 0.899. The lowest BCUT2D eigenvalue weighted by atomic mass is 10.5. The number of nitrogens with zero attached hydrogens (tertiary/aromatic N) is 3. The maximum absolute atomic E-state index is 11.1. The van der Waals surface area contributed by atoms with E-state index in [0.717, 1.165) is 0 Å². The molecule has 0 unspecified atom stereocenters. The average Bonchev–Trinajstić information content (AvgIpc) is 2.40. The fraction of sp³-hybridized carbons (Fsp3) is 0. The zero-order chi connectivity index (χ0) is 7.68. The third-order valence-electron chi connectivity index (χ3n) is 1.39. The summed E-state index contributed by atoms with van der Waals surface area (Å²) >= 11 is 0. The topological polar surface area (TPSA) is 47.3 Å². The lowest BCUT2D eigenvalue weighted by molar-refractivity contribution is 0.963. The average molecular weight is 147 g/mol. The van der Waals surface area contributed by atoms with Gasteiger partial charge in [0.25, 0.3) is 5.56 Å². The van der Waals surface area contributed by atoms with Crippen molar-refractivity contribution >= 4 is 5.52 Å². The molecule has 11 heavy (non-hydrogen) atoms. The van der Waals surface area contributed by atoms with Gasteiger partial charge in [-0.05, 0) is 12.1 Å². The van der Waals surface area contributed by atoms with Gasteiger partial charge in [0.05, 0.1) is 6.20 Å². The Bertz CT molecular complexity index is 435. The Hall–Kier alpha value is -1.71. The highest BCUT2D eigenvalue weighted by Crippen LogP contribution is 1.89. The Kier molecular flexibility index (Phi) is 1.18. The molecule has 2 heterocycles. The van der Waals surface area contributed by atoms with Crippen molar-refractivity contribution in [1.82, 2.24) is 14.6 Å². The molecule has 0 aliphatic heterocycles. The third kappa shape index (κ3) is 0.881. The van der Waals surface area contributed by atoms with Gasteiger partial charge in [-0.15, -0.1) is 0 Å². The molecular weight excluding hydrogens is 142 g/mol. The number of hydrogen-bond acceptors (Lipinski definition) is 3. The van der Waals surface area contributed by atoms with Crippen molar-refractivity contribution in [3.8, 4) is 0 Å². The molecule has 0 radical (unpaired) electrons. The van der Waals surface area contributed by atoms with E-state index < -0.39 is 0 Å². The van der Waals surface area contributed by atoms with Gasteiger partial charge in [0.1, 0.15) is 5.52 Å². The number of aromatic nitrogens is 3. The second kappa shape index (κ2) is 2.16. The van der Waals surface area contributed by atoms with E-state index in [0.29, 0.717) is 5.52 Å². The molecule has 0 atom stereocenters. The van der Waals surface area contributed by atoms with Crippen LogP contribution in [-0.2, 0) is 0 Å². The summed E-state index contributed by atoms with van der Waals surface area (Å²) in [6.07, 6.45) is 4.71. The molecule has 0 saturated heterocycles. The second-order valence-electron chi connectivity index (χ2n) is 2.09. The first-order valence-corrected chi connectivity index (χ1v) is 3.16. The van der Waals surface area contributed by atoms with Gasteiger partial charge < -0.3 is 0 Å². The maximum atomic E-state index is 11.1. The van der Waals surface area contributed by atoms with E-state index in [1.807, 2.05) is 0 Å². The molecule has 2 aromatic rings. The van der Waals surface area contributed by atoms with E-state index in [1.165, 1.54) is 10.7 Å². The van der Waals surface area contributed by atoms with E-state index in [-0.39, 0.29) is 5.56 Å². The first-order chi connectivity index (χ1) is 5.38. The Morgan fingerprint density at radius 1 is 1.36 bits per heavy atom. The quantitative estimate of drug-likeness (QED) is 0.530. The zero-order valence-corrected chi connectivity index (χ0v) is 5.64. The SMILES string of the molecule is O=c1ncccn2nccc12. The third-order valence-corrected chi connectivity index (χ3v) is 1.39. The highest BCUT2D eigenvalue weighted by atomic mass is 16.1. The molecule has 0 saturated carbocycles. The van der Waals surface area contributed by atoms with E-state index in [4.69, 9.17) is 0 Å². The summed E-state index contributed by atoms with van der Waals surface area (Å²) in [7, 11) is 0. The first-order valence-electron chi connectivity index (χ1n) is 3.16.